The van der Waals surface area contributed by atoms with Gasteiger partial charge in [-0.1, -0.05) is 12.1 Å². The molecule has 2 rings (SSSR count). The molecular weight excluding hydrogens is 324 g/mol. The van der Waals surface area contributed by atoms with Crippen LogP contribution in [0.25, 0.3) is 0 Å². The summed E-state index contributed by atoms with van der Waals surface area (Å²) in [5, 5.41) is 6.22. The zero-order valence-electron chi connectivity index (χ0n) is 12.8. The number of halogens is 1. The highest BCUT2D eigenvalue weighted by Crippen LogP contribution is 2.18. The van der Waals surface area contributed by atoms with E-state index in [0.717, 1.165) is 31.5 Å². The van der Waals surface area contributed by atoms with Crippen LogP contribution < -0.4 is 10.6 Å². The van der Waals surface area contributed by atoms with Crippen molar-refractivity contribution in [1.29, 1.82) is 0 Å². The van der Waals surface area contributed by atoms with Crippen LogP contribution in [0.2, 0.25) is 0 Å². The zero-order chi connectivity index (χ0) is 15.5. The lowest BCUT2D eigenvalue weighted by Crippen LogP contribution is -2.41. The number of carbonyl (C=O) groups is 1. The van der Waals surface area contributed by atoms with Gasteiger partial charge in [0.15, 0.2) is 9.84 Å². The van der Waals surface area contributed by atoms with Crippen molar-refractivity contribution in [2.75, 3.05) is 19.3 Å². The zero-order valence-corrected chi connectivity index (χ0v) is 14.5. The Bertz CT molecular complexity index is 596. The highest BCUT2D eigenvalue weighted by atomic mass is 35.5. The molecule has 22 heavy (non-hydrogen) atoms. The topological polar surface area (TPSA) is 75.3 Å². The van der Waals surface area contributed by atoms with Crippen molar-refractivity contribution in [3.8, 4) is 0 Å². The molecule has 7 heteroatoms. The SMILES string of the molecule is CC(NC(=O)[C@@H]1CCCNC1)c1ccc(S(C)(=O)=O)cc1.Cl. The smallest absolute Gasteiger partial charge is 0.224 e. The third-order valence-corrected chi connectivity index (χ3v) is 4.96. The highest BCUT2D eigenvalue weighted by Gasteiger charge is 2.22. The second-order valence-corrected chi connectivity index (χ2v) is 7.63. The number of sulfone groups is 1. The molecule has 2 atom stereocenters. The van der Waals surface area contributed by atoms with Crippen LogP contribution in [0.5, 0.6) is 0 Å². The summed E-state index contributed by atoms with van der Waals surface area (Å²) in [4.78, 5) is 12.5. The van der Waals surface area contributed by atoms with Crippen LogP contribution in [0.1, 0.15) is 31.4 Å². The lowest BCUT2D eigenvalue weighted by Gasteiger charge is -2.24. The fraction of sp³-hybridized carbons (Fsp3) is 0.533. The molecule has 1 aromatic carbocycles. The van der Waals surface area contributed by atoms with E-state index >= 15 is 0 Å². The van der Waals surface area contributed by atoms with E-state index in [9.17, 15) is 13.2 Å². The molecule has 124 valence electrons. The molecule has 1 heterocycles. The molecule has 1 amide bonds. The molecule has 2 N–H and O–H groups in total. The number of hydrogen-bond acceptors (Lipinski definition) is 4. The molecule has 1 aliphatic heterocycles. The number of hydrogen-bond donors (Lipinski definition) is 2. The van der Waals surface area contributed by atoms with E-state index in [1.165, 1.54) is 6.26 Å². The van der Waals surface area contributed by atoms with Crippen molar-refractivity contribution in [1.82, 2.24) is 10.6 Å². The van der Waals surface area contributed by atoms with Gasteiger partial charge in [-0.25, -0.2) is 8.42 Å². The lowest BCUT2D eigenvalue weighted by molar-refractivity contribution is -0.126. The van der Waals surface area contributed by atoms with Gasteiger partial charge < -0.3 is 10.6 Å². The molecular formula is C15H23ClN2O3S. The first-order valence-electron chi connectivity index (χ1n) is 7.19. The third-order valence-electron chi connectivity index (χ3n) is 3.83. The number of carbonyl (C=O) groups excluding carboxylic acids is 1. The van der Waals surface area contributed by atoms with E-state index in [4.69, 9.17) is 0 Å². The fourth-order valence-electron chi connectivity index (χ4n) is 2.49. The number of rotatable bonds is 4. The van der Waals surface area contributed by atoms with Gasteiger partial charge in [-0.15, -0.1) is 12.4 Å². The lowest BCUT2D eigenvalue weighted by atomic mass is 9.98. The van der Waals surface area contributed by atoms with Gasteiger partial charge >= 0.3 is 0 Å². The Kier molecular flexibility index (Phi) is 6.84. The summed E-state index contributed by atoms with van der Waals surface area (Å²) in [5.74, 6) is 0.0818. The maximum atomic E-state index is 12.2. The van der Waals surface area contributed by atoms with Crippen LogP contribution in [0, 0.1) is 5.92 Å². The molecule has 1 unspecified atom stereocenters. The van der Waals surface area contributed by atoms with Gasteiger partial charge in [0, 0.05) is 12.8 Å². The summed E-state index contributed by atoms with van der Waals surface area (Å²) in [7, 11) is -3.18. The summed E-state index contributed by atoms with van der Waals surface area (Å²) in [5.41, 5.74) is 0.902. The third kappa shape index (κ3) is 4.97. The molecule has 0 saturated carbocycles. The van der Waals surface area contributed by atoms with E-state index < -0.39 is 9.84 Å². The summed E-state index contributed by atoms with van der Waals surface area (Å²) >= 11 is 0. The van der Waals surface area contributed by atoms with Crippen molar-refractivity contribution < 1.29 is 13.2 Å². The van der Waals surface area contributed by atoms with Crippen LogP contribution in [0.4, 0.5) is 0 Å². The van der Waals surface area contributed by atoms with Gasteiger partial charge in [0.1, 0.15) is 0 Å². The monoisotopic (exact) mass is 346 g/mol. The minimum absolute atomic E-state index is 0. The second kappa shape index (κ2) is 7.94. The average Bonchev–Trinajstić information content (AvgIpc) is 2.47. The molecule has 0 aromatic heterocycles. The minimum atomic E-state index is -3.18. The minimum Gasteiger partial charge on any atom is -0.349 e. The Morgan fingerprint density at radius 1 is 1.32 bits per heavy atom. The first kappa shape index (κ1) is 18.9. The largest absolute Gasteiger partial charge is 0.349 e. The molecule has 1 aliphatic rings. The van der Waals surface area contributed by atoms with Crippen molar-refractivity contribution in [2.24, 2.45) is 5.92 Å². The van der Waals surface area contributed by atoms with Gasteiger partial charge in [-0.2, -0.15) is 0 Å². The first-order chi connectivity index (χ1) is 9.88. The molecule has 0 spiro atoms. The molecule has 1 saturated heterocycles. The standard InChI is InChI=1S/C15H22N2O3S.ClH/c1-11(17-15(18)13-4-3-9-16-10-13)12-5-7-14(8-6-12)21(2,19)20;/h5-8,11,13,16H,3-4,9-10H2,1-2H3,(H,17,18);1H/t11?,13-;/m1./s1. The maximum Gasteiger partial charge on any atom is 0.224 e. The predicted molar refractivity (Wildman–Crippen MR) is 89.0 cm³/mol. The van der Waals surface area contributed by atoms with Gasteiger partial charge in [0.05, 0.1) is 16.9 Å². The van der Waals surface area contributed by atoms with Crippen LogP contribution in [0.3, 0.4) is 0 Å². The van der Waals surface area contributed by atoms with E-state index in [2.05, 4.69) is 10.6 Å². The number of piperidine rings is 1. The summed E-state index contributed by atoms with van der Waals surface area (Å²) < 4.78 is 22.8. The molecule has 1 aromatic rings. The van der Waals surface area contributed by atoms with Gasteiger partial charge in [0.25, 0.3) is 0 Å². The van der Waals surface area contributed by atoms with Crippen molar-refractivity contribution in [3.63, 3.8) is 0 Å². The maximum absolute atomic E-state index is 12.2. The fourth-order valence-corrected chi connectivity index (χ4v) is 3.12. The number of nitrogens with one attached hydrogen (secondary N) is 2. The molecule has 5 nitrogen and oxygen atoms in total. The van der Waals surface area contributed by atoms with Gasteiger partial charge in [-0.3, -0.25) is 4.79 Å². The summed E-state index contributed by atoms with van der Waals surface area (Å²) in [6, 6.07) is 6.53. The van der Waals surface area contributed by atoms with Crippen LogP contribution in [-0.2, 0) is 14.6 Å². The average molecular weight is 347 g/mol. The summed E-state index contributed by atoms with van der Waals surface area (Å²) in [6.07, 6.45) is 3.12. The predicted octanol–water partition coefficient (Wildman–Crippen LogP) is 1.69. The molecule has 0 radical (unpaired) electrons. The Balaban J connectivity index is 0.00000242. The van der Waals surface area contributed by atoms with E-state index in [1.54, 1.807) is 24.3 Å². The van der Waals surface area contributed by atoms with Crippen LogP contribution in [0.15, 0.2) is 29.2 Å². The molecule has 0 bridgehead atoms. The normalized spacial score (nSPS) is 19.8. The first-order valence-corrected chi connectivity index (χ1v) is 9.08. The van der Waals surface area contributed by atoms with Gasteiger partial charge in [-0.05, 0) is 44.0 Å². The highest BCUT2D eigenvalue weighted by molar-refractivity contribution is 7.90. The number of benzene rings is 1. The quantitative estimate of drug-likeness (QED) is 0.870. The van der Waals surface area contributed by atoms with E-state index in [1.807, 2.05) is 6.92 Å². The van der Waals surface area contributed by atoms with Crippen LogP contribution >= 0.6 is 12.4 Å². The van der Waals surface area contributed by atoms with E-state index in [0.29, 0.717) is 4.90 Å². The van der Waals surface area contributed by atoms with Crippen molar-refractivity contribution in [3.05, 3.63) is 29.8 Å². The number of amides is 1. The Labute approximate surface area is 138 Å². The molecule has 1 fully saturated rings. The molecule has 0 aliphatic carbocycles. The van der Waals surface area contributed by atoms with E-state index in [-0.39, 0.29) is 30.3 Å². The Hall–Kier alpha value is -1.11. The van der Waals surface area contributed by atoms with Gasteiger partial charge in [0.2, 0.25) is 5.91 Å². The summed E-state index contributed by atoms with van der Waals surface area (Å²) in [6.45, 7) is 3.61. The van der Waals surface area contributed by atoms with Crippen molar-refractivity contribution >= 4 is 28.2 Å². The second-order valence-electron chi connectivity index (χ2n) is 5.61. The Morgan fingerprint density at radius 2 is 1.95 bits per heavy atom. The van der Waals surface area contributed by atoms with Crippen LogP contribution in [-0.4, -0.2) is 33.7 Å². The van der Waals surface area contributed by atoms with Crippen molar-refractivity contribution in [2.45, 2.75) is 30.7 Å². The Morgan fingerprint density at radius 3 is 2.45 bits per heavy atom.